The highest BCUT2D eigenvalue weighted by Crippen LogP contribution is 2.36. The first-order valence-electron chi connectivity index (χ1n) is 3.17. The lowest BCUT2D eigenvalue weighted by molar-refractivity contribution is 0.872. The zero-order chi connectivity index (χ0) is 10.9. The molecule has 14 heavy (non-hydrogen) atoms. The van der Waals surface area contributed by atoms with Crippen LogP contribution in [0.5, 0.6) is 0 Å². The first-order chi connectivity index (χ1) is 6.30. The van der Waals surface area contributed by atoms with Crippen LogP contribution in [0, 0.1) is 0 Å². The van der Waals surface area contributed by atoms with E-state index >= 15 is 0 Å². The molecular formula is C5H3Cl5N4. The topological polar surface area (TPSA) is 64.7 Å². The molecule has 78 valence electrons. The zero-order valence-electron chi connectivity index (χ0n) is 6.39. The first kappa shape index (κ1) is 12.3. The van der Waals surface area contributed by atoms with Crippen LogP contribution >= 0.6 is 58.0 Å². The summed E-state index contributed by atoms with van der Waals surface area (Å²) in [6.45, 7) is 0. The van der Waals surface area contributed by atoms with Crippen LogP contribution in [0.2, 0.25) is 0 Å². The Balaban J connectivity index is 3.21. The normalized spacial score (nSPS) is 12.1. The van der Waals surface area contributed by atoms with Gasteiger partial charge in [-0.1, -0.05) is 58.0 Å². The van der Waals surface area contributed by atoms with Crippen LogP contribution in [0.15, 0.2) is 0 Å². The van der Waals surface area contributed by atoms with E-state index < -0.39 is 8.63 Å². The Bertz CT molecular complexity index is 335. The van der Waals surface area contributed by atoms with E-state index in [9.17, 15) is 0 Å². The molecule has 0 saturated carbocycles. The van der Waals surface area contributed by atoms with Gasteiger partial charge in [0.25, 0.3) is 0 Å². The third-order valence-electron chi connectivity index (χ3n) is 1.12. The molecule has 0 unspecified atom stereocenters. The molecule has 1 rings (SSSR count). The molecule has 2 N–H and O–H groups in total. The van der Waals surface area contributed by atoms with Crippen molar-refractivity contribution >= 4 is 64.0 Å². The molecule has 0 saturated heterocycles. The van der Waals surface area contributed by atoms with E-state index in [1.807, 2.05) is 0 Å². The zero-order valence-corrected chi connectivity index (χ0v) is 10.2. The third kappa shape index (κ3) is 3.14. The van der Waals surface area contributed by atoms with Crippen LogP contribution in [0.4, 0.5) is 5.95 Å². The van der Waals surface area contributed by atoms with Crippen LogP contribution in [0.25, 0.3) is 0 Å². The summed E-state index contributed by atoms with van der Waals surface area (Å²) in [4.78, 5) is 10.1. The predicted molar refractivity (Wildman–Crippen MR) is 57.9 cm³/mol. The maximum Gasteiger partial charge on any atom is 0.250 e. The van der Waals surface area contributed by atoms with Crippen molar-refractivity contribution in [3.63, 3.8) is 0 Å². The lowest BCUT2D eigenvalue weighted by Crippen LogP contribution is -2.13. The predicted octanol–water partition coefficient (Wildman–Crippen LogP) is 2.76. The summed E-state index contributed by atoms with van der Waals surface area (Å²) in [7, 11) is 0. The first-order valence-corrected chi connectivity index (χ1v) is 5.18. The van der Waals surface area contributed by atoms with E-state index in [-0.39, 0.29) is 17.6 Å². The van der Waals surface area contributed by atoms with E-state index in [0.29, 0.717) is 0 Å². The number of aromatic nitrogens is 3. The minimum absolute atomic E-state index is 0.0437. The highest BCUT2D eigenvalue weighted by atomic mass is 35.6. The van der Waals surface area contributed by atoms with E-state index in [1.165, 1.54) is 0 Å². The fraction of sp³-hybridized carbons (Fsp3) is 0.400. The van der Waals surface area contributed by atoms with Crippen molar-refractivity contribution in [2.45, 2.75) is 8.63 Å². The number of alkyl halides is 5. The molecule has 1 aromatic heterocycles. The largest absolute Gasteiger partial charge is 0.368 e. The molecule has 4 nitrogen and oxygen atoms in total. The Morgan fingerprint density at radius 3 is 2.07 bits per heavy atom. The number of rotatable bonds is 1. The van der Waals surface area contributed by atoms with Gasteiger partial charge >= 0.3 is 0 Å². The molecule has 0 spiro atoms. The molecule has 0 radical (unpaired) electrons. The summed E-state index contributed by atoms with van der Waals surface area (Å²) >= 11 is 27.7. The average Bonchev–Trinajstić information content (AvgIpc) is 2.01. The van der Waals surface area contributed by atoms with E-state index in [0.717, 1.165) is 0 Å². The summed E-state index contributed by atoms with van der Waals surface area (Å²) in [5, 5.41) is 0. The van der Waals surface area contributed by atoms with Gasteiger partial charge in [-0.3, -0.25) is 0 Å². The minimum Gasteiger partial charge on any atom is -0.368 e. The Labute approximate surface area is 105 Å². The molecule has 0 fully saturated rings. The van der Waals surface area contributed by atoms with Crippen molar-refractivity contribution in [2.75, 3.05) is 5.73 Å². The molecule has 0 atom stereocenters. The smallest absolute Gasteiger partial charge is 0.250 e. The van der Waals surface area contributed by atoms with Gasteiger partial charge in [-0.15, -0.1) is 0 Å². The van der Waals surface area contributed by atoms with Crippen molar-refractivity contribution in [3.8, 4) is 0 Å². The number of nitrogens with two attached hydrogens (primary N) is 1. The summed E-state index contributed by atoms with van der Waals surface area (Å²) in [5.41, 5.74) is 5.34. The van der Waals surface area contributed by atoms with Gasteiger partial charge in [0, 0.05) is 0 Å². The molecule has 1 heterocycles. The second-order valence-corrected chi connectivity index (χ2v) is 5.55. The second kappa shape index (κ2) is 4.41. The van der Waals surface area contributed by atoms with E-state index in [1.54, 1.807) is 0 Å². The van der Waals surface area contributed by atoms with Crippen LogP contribution in [0.1, 0.15) is 16.5 Å². The van der Waals surface area contributed by atoms with Gasteiger partial charge in [0.2, 0.25) is 9.74 Å². The van der Waals surface area contributed by atoms with Gasteiger partial charge in [-0.2, -0.15) is 9.97 Å². The highest BCUT2D eigenvalue weighted by Gasteiger charge is 2.28. The molecule has 0 aliphatic heterocycles. The molecule has 0 bridgehead atoms. The molecular weight excluding hydrogens is 293 g/mol. The molecule has 0 aromatic carbocycles. The molecule has 0 amide bonds. The quantitative estimate of drug-likeness (QED) is 0.809. The Kier molecular flexibility index (Phi) is 3.88. The lowest BCUT2D eigenvalue weighted by Gasteiger charge is -2.10. The summed E-state index contributed by atoms with van der Waals surface area (Å²) in [6.07, 6.45) is 0. The van der Waals surface area contributed by atoms with E-state index in [2.05, 4.69) is 15.0 Å². The van der Waals surface area contributed by atoms with Gasteiger partial charge in [-0.05, 0) is 0 Å². The number of anilines is 1. The van der Waals surface area contributed by atoms with Crippen LogP contribution < -0.4 is 5.73 Å². The number of halogens is 5. The number of hydrogen-bond donors (Lipinski definition) is 1. The second-order valence-electron chi connectivity index (χ2n) is 2.17. The number of nitrogens with zero attached hydrogens (tertiary/aromatic N) is 3. The lowest BCUT2D eigenvalue weighted by atomic mass is 10.6. The standard InChI is InChI=1S/C5H3Cl5N4/c6-1(7)2-12-3(5(8,9)10)14-4(11)13-2/h1H,(H2,11,12,13,14). The Morgan fingerprint density at radius 1 is 1.07 bits per heavy atom. The molecule has 9 heteroatoms. The average molecular weight is 296 g/mol. The molecule has 0 aliphatic rings. The van der Waals surface area contributed by atoms with Crippen molar-refractivity contribution in [1.29, 1.82) is 0 Å². The monoisotopic (exact) mass is 294 g/mol. The van der Waals surface area contributed by atoms with Crippen molar-refractivity contribution in [1.82, 2.24) is 15.0 Å². The van der Waals surface area contributed by atoms with Crippen molar-refractivity contribution in [3.05, 3.63) is 11.6 Å². The van der Waals surface area contributed by atoms with Gasteiger partial charge in [0.15, 0.2) is 16.5 Å². The maximum atomic E-state index is 5.54. The SMILES string of the molecule is Nc1nc(C(Cl)Cl)nc(C(Cl)(Cl)Cl)n1. The Hall–Kier alpha value is 0.260. The highest BCUT2D eigenvalue weighted by molar-refractivity contribution is 6.66. The van der Waals surface area contributed by atoms with Crippen LogP contribution in [0.3, 0.4) is 0 Å². The van der Waals surface area contributed by atoms with Gasteiger partial charge in [0.05, 0.1) is 0 Å². The van der Waals surface area contributed by atoms with E-state index in [4.69, 9.17) is 63.7 Å². The fourth-order valence-electron chi connectivity index (χ4n) is 0.634. The Morgan fingerprint density at radius 2 is 1.64 bits per heavy atom. The minimum atomic E-state index is -1.78. The summed E-state index contributed by atoms with van der Waals surface area (Å²) < 4.78 is -1.78. The number of nitrogen functional groups attached to an aromatic ring is 1. The van der Waals surface area contributed by atoms with Gasteiger partial charge < -0.3 is 5.73 Å². The maximum absolute atomic E-state index is 5.54. The van der Waals surface area contributed by atoms with Gasteiger partial charge in [0.1, 0.15) is 0 Å². The van der Waals surface area contributed by atoms with Crippen LogP contribution in [-0.4, -0.2) is 15.0 Å². The number of hydrogen-bond acceptors (Lipinski definition) is 4. The van der Waals surface area contributed by atoms with Crippen molar-refractivity contribution in [2.24, 2.45) is 0 Å². The van der Waals surface area contributed by atoms with Crippen LogP contribution in [-0.2, 0) is 3.79 Å². The third-order valence-corrected chi connectivity index (χ3v) is 2.02. The molecule has 0 aliphatic carbocycles. The van der Waals surface area contributed by atoms with Gasteiger partial charge in [-0.25, -0.2) is 4.98 Å². The molecule has 1 aromatic rings. The summed E-state index contributed by atoms with van der Waals surface area (Å²) in [6, 6.07) is 0. The fourth-order valence-corrected chi connectivity index (χ4v) is 1.08. The van der Waals surface area contributed by atoms with Crippen molar-refractivity contribution < 1.29 is 0 Å². The summed E-state index contributed by atoms with van der Waals surface area (Å²) in [5.74, 6) is -0.180.